The van der Waals surface area contributed by atoms with Crippen LogP contribution in [0.3, 0.4) is 0 Å². The molecule has 1 aromatic heterocycles. The van der Waals surface area contributed by atoms with E-state index in [2.05, 4.69) is 30.6 Å². The monoisotopic (exact) mass is 480 g/mol. The summed E-state index contributed by atoms with van der Waals surface area (Å²) in [6.45, 7) is 1.62. The molecule has 0 saturated heterocycles. The van der Waals surface area contributed by atoms with Crippen molar-refractivity contribution in [3.8, 4) is 5.75 Å². The van der Waals surface area contributed by atoms with Gasteiger partial charge in [-0.15, -0.1) is 34.2 Å². The Morgan fingerprint density at radius 3 is 2.50 bits per heavy atom. The smallest absolute Gasteiger partial charge is 0.387 e. The molecule has 0 aliphatic carbocycles. The maximum absolute atomic E-state index is 12.5. The number of nitrogens with one attached hydrogen (secondary N) is 2. The van der Waals surface area contributed by atoms with E-state index < -0.39 is 6.61 Å². The molecule has 1 aromatic carbocycles. The maximum Gasteiger partial charge on any atom is 0.387 e. The van der Waals surface area contributed by atoms with Crippen molar-refractivity contribution in [3.05, 3.63) is 41.0 Å². The fraction of sp³-hybridized carbons (Fsp3) is 0.438. The van der Waals surface area contributed by atoms with Gasteiger partial charge in [0.25, 0.3) is 0 Å². The van der Waals surface area contributed by atoms with Crippen molar-refractivity contribution >= 4 is 29.9 Å². The van der Waals surface area contributed by atoms with Crippen LogP contribution in [-0.4, -0.2) is 34.4 Å². The lowest BCUT2D eigenvalue weighted by molar-refractivity contribution is -0.0504. The Morgan fingerprint density at radius 2 is 1.92 bits per heavy atom. The summed E-state index contributed by atoms with van der Waals surface area (Å²) in [5, 5.41) is 14.2. The molecule has 7 nitrogen and oxygen atoms in total. The van der Waals surface area contributed by atoms with Gasteiger partial charge in [0.1, 0.15) is 11.6 Å². The summed E-state index contributed by atoms with van der Waals surface area (Å²) >= 11 is 0. The molecule has 0 aliphatic heterocycles. The zero-order valence-electron chi connectivity index (χ0n) is 15.1. The zero-order valence-corrected chi connectivity index (χ0v) is 17.4. The first-order valence-electron chi connectivity index (χ1n) is 7.74. The number of benzene rings is 1. The lowest BCUT2D eigenvalue weighted by atomic mass is 10.1. The number of nitrogens with zero attached hydrogens (tertiary/aromatic N) is 4. The van der Waals surface area contributed by atoms with Gasteiger partial charge in [-0.1, -0.05) is 17.7 Å². The van der Waals surface area contributed by atoms with E-state index in [9.17, 15) is 8.78 Å². The van der Waals surface area contributed by atoms with Crippen molar-refractivity contribution < 1.29 is 13.5 Å². The third-order valence-electron chi connectivity index (χ3n) is 3.70. The van der Waals surface area contributed by atoms with E-state index in [1.807, 2.05) is 25.5 Å². The first-order chi connectivity index (χ1) is 11.9. The molecular formula is C16H23F2IN6O. The number of hydrogen-bond donors (Lipinski definition) is 2. The van der Waals surface area contributed by atoms with E-state index in [0.29, 0.717) is 24.6 Å². The molecule has 1 heterocycles. The standard InChI is InChI=1S/C16H22F2N6O.HI/c1-10-5-6-13(25-15(17)18)12(7-10)8-20-16(19-3)21-9-14-23-22-11(2)24(14)4;/h5-7,15H,8-9H2,1-4H3,(H2,19,20,21);1H. The highest BCUT2D eigenvalue weighted by Crippen LogP contribution is 2.21. The van der Waals surface area contributed by atoms with Crippen LogP contribution in [0.4, 0.5) is 8.78 Å². The predicted molar refractivity (Wildman–Crippen MR) is 106 cm³/mol. The van der Waals surface area contributed by atoms with Crippen molar-refractivity contribution in [1.82, 2.24) is 25.4 Å². The van der Waals surface area contributed by atoms with E-state index >= 15 is 0 Å². The molecule has 26 heavy (non-hydrogen) atoms. The zero-order chi connectivity index (χ0) is 18.4. The molecule has 144 valence electrons. The predicted octanol–water partition coefficient (Wildman–Crippen LogP) is 2.52. The van der Waals surface area contributed by atoms with Crippen LogP contribution in [0.5, 0.6) is 5.75 Å². The van der Waals surface area contributed by atoms with Gasteiger partial charge in [0.15, 0.2) is 11.8 Å². The summed E-state index contributed by atoms with van der Waals surface area (Å²) in [4.78, 5) is 4.12. The van der Waals surface area contributed by atoms with Gasteiger partial charge in [-0.05, 0) is 19.9 Å². The minimum absolute atomic E-state index is 0. The molecule has 2 aromatic rings. The summed E-state index contributed by atoms with van der Waals surface area (Å²) in [6.07, 6.45) is 0. The Balaban J connectivity index is 0.00000338. The van der Waals surface area contributed by atoms with Crippen LogP contribution in [0.2, 0.25) is 0 Å². The number of aryl methyl sites for hydroxylation is 2. The maximum atomic E-state index is 12.5. The number of ether oxygens (including phenoxy) is 1. The first kappa shape index (κ1) is 22.1. The van der Waals surface area contributed by atoms with Gasteiger partial charge >= 0.3 is 6.61 Å². The van der Waals surface area contributed by atoms with E-state index in [4.69, 9.17) is 0 Å². The number of alkyl halides is 2. The molecule has 0 bridgehead atoms. The molecule has 0 radical (unpaired) electrons. The molecule has 0 spiro atoms. The van der Waals surface area contributed by atoms with Gasteiger partial charge < -0.3 is 19.9 Å². The molecule has 0 unspecified atom stereocenters. The number of aliphatic imine (C=N–C) groups is 1. The van der Waals surface area contributed by atoms with Crippen molar-refractivity contribution in [2.45, 2.75) is 33.5 Å². The van der Waals surface area contributed by atoms with Gasteiger partial charge in [-0.2, -0.15) is 8.78 Å². The van der Waals surface area contributed by atoms with Crippen LogP contribution >= 0.6 is 24.0 Å². The van der Waals surface area contributed by atoms with E-state index in [-0.39, 0.29) is 29.7 Å². The molecule has 0 amide bonds. The lowest BCUT2D eigenvalue weighted by Crippen LogP contribution is -2.37. The van der Waals surface area contributed by atoms with Crippen molar-refractivity contribution in [3.63, 3.8) is 0 Å². The van der Waals surface area contributed by atoms with Crippen LogP contribution in [0.1, 0.15) is 22.8 Å². The second-order valence-corrected chi connectivity index (χ2v) is 5.49. The number of aromatic nitrogens is 3. The molecule has 2 N–H and O–H groups in total. The Labute approximate surface area is 168 Å². The topological polar surface area (TPSA) is 76.4 Å². The highest BCUT2D eigenvalue weighted by molar-refractivity contribution is 14.0. The van der Waals surface area contributed by atoms with Crippen LogP contribution in [0.25, 0.3) is 0 Å². The van der Waals surface area contributed by atoms with Crippen molar-refractivity contribution in [2.24, 2.45) is 12.0 Å². The molecule has 0 saturated carbocycles. The molecular weight excluding hydrogens is 457 g/mol. The Bertz CT molecular complexity index is 750. The third kappa shape index (κ3) is 6.07. The van der Waals surface area contributed by atoms with Gasteiger partial charge in [0.2, 0.25) is 0 Å². The largest absolute Gasteiger partial charge is 0.434 e. The summed E-state index contributed by atoms with van der Waals surface area (Å²) in [5.74, 6) is 2.24. The highest BCUT2D eigenvalue weighted by atomic mass is 127. The minimum atomic E-state index is -2.86. The summed E-state index contributed by atoms with van der Waals surface area (Å²) < 4.78 is 31.5. The van der Waals surface area contributed by atoms with Gasteiger partial charge in [0.05, 0.1) is 6.54 Å². The van der Waals surface area contributed by atoms with Crippen molar-refractivity contribution in [1.29, 1.82) is 0 Å². The molecule has 10 heteroatoms. The average Bonchev–Trinajstić information content (AvgIpc) is 2.89. The first-order valence-corrected chi connectivity index (χ1v) is 7.74. The second kappa shape index (κ2) is 10.2. The average molecular weight is 480 g/mol. The third-order valence-corrected chi connectivity index (χ3v) is 3.70. The minimum Gasteiger partial charge on any atom is -0.434 e. The number of hydrogen-bond acceptors (Lipinski definition) is 4. The fourth-order valence-corrected chi connectivity index (χ4v) is 2.22. The van der Waals surface area contributed by atoms with Crippen LogP contribution in [0.15, 0.2) is 23.2 Å². The molecule has 2 rings (SSSR count). The number of guanidine groups is 1. The van der Waals surface area contributed by atoms with Crippen molar-refractivity contribution in [2.75, 3.05) is 7.05 Å². The SMILES string of the molecule is CN=C(NCc1cc(C)ccc1OC(F)F)NCc1nnc(C)n1C.I. The summed E-state index contributed by atoms with van der Waals surface area (Å²) in [7, 11) is 3.51. The Hall–Kier alpha value is -1.98. The van der Waals surface area contributed by atoms with Crippen LogP contribution in [0, 0.1) is 13.8 Å². The van der Waals surface area contributed by atoms with Gasteiger partial charge in [-0.3, -0.25) is 4.99 Å². The van der Waals surface area contributed by atoms with E-state index in [1.54, 1.807) is 19.2 Å². The van der Waals surface area contributed by atoms with Gasteiger partial charge in [0, 0.05) is 26.2 Å². The summed E-state index contributed by atoms with van der Waals surface area (Å²) in [6, 6.07) is 5.06. The van der Waals surface area contributed by atoms with E-state index in [1.165, 1.54) is 6.07 Å². The second-order valence-electron chi connectivity index (χ2n) is 5.49. The Morgan fingerprint density at radius 1 is 1.23 bits per heavy atom. The Kier molecular flexibility index (Phi) is 8.69. The van der Waals surface area contributed by atoms with Gasteiger partial charge in [-0.25, -0.2) is 0 Å². The molecule has 0 aliphatic rings. The van der Waals surface area contributed by atoms with Crippen LogP contribution < -0.4 is 15.4 Å². The number of rotatable bonds is 6. The molecule has 0 fully saturated rings. The summed E-state index contributed by atoms with van der Waals surface area (Å²) in [5.41, 5.74) is 1.58. The van der Waals surface area contributed by atoms with E-state index in [0.717, 1.165) is 17.2 Å². The fourth-order valence-electron chi connectivity index (χ4n) is 2.22. The quantitative estimate of drug-likeness (QED) is 0.378. The lowest BCUT2D eigenvalue weighted by Gasteiger charge is -2.15. The normalized spacial score (nSPS) is 11.3. The highest BCUT2D eigenvalue weighted by Gasteiger charge is 2.11. The molecule has 0 atom stereocenters. The number of halogens is 3. The van der Waals surface area contributed by atoms with Crippen LogP contribution in [-0.2, 0) is 20.1 Å².